The van der Waals surface area contributed by atoms with E-state index in [1.807, 2.05) is 13.0 Å². The Morgan fingerprint density at radius 1 is 1.44 bits per heavy atom. The maximum absolute atomic E-state index is 13.1. The summed E-state index contributed by atoms with van der Waals surface area (Å²) in [6.07, 6.45) is 1.13. The smallest absolute Gasteiger partial charge is 0.123 e. The van der Waals surface area contributed by atoms with Crippen molar-refractivity contribution in [2.75, 3.05) is 19.6 Å². The van der Waals surface area contributed by atoms with Gasteiger partial charge < -0.3 is 5.32 Å². The van der Waals surface area contributed by atoms with Gasteiger partial charge in [-0.05, 0) is 43.5 Å². The Labute approximate surface area is 109 Å². The average Bonchev–Trinajstić information content (AvgIpc) is 2.33. The maximum Gasteiger partial charge on any atom is 0.123 e. The van der Waals surface area contributed by atoms with Gasteiger partial charge in [-0.15, -0.1) is 0 Å². The van der Waals surface area contributed by atoms with Crippen LogP contribution in [0, 0.1) is 12.7 Å². The van der Waals surface area contributed by atoms with Crippen molar-refractivity contribution < 1.29 is 4.39 Å². The fourth-order valence-corrected chi connectivity index (χ4v) is 2.59. The zero-order valence-electron chi connectivity index (χ0n) is 11.6. The summed E-state index contributed by atoms with van der Waals surface area (Å²) in [5.41, 5.74) is 2.50. The summed E-state index contributed by atoms with van der Waals surface area (Å²) in [5.74, 6) is -0.144. The van der Waals surface area contributed by atoms with E-state index in [0.29, 0.717) is 0 Å². The molecule has 1 N–H and O–H groups in total. The number of nitrogens with one attached hydrogen (secondary N) is 1. The van der Waals surface area contributed by atoms with Crippen LogP contribution in [-0.4, -0.2) is 30.1 Å². The lowest BCUT2D eigenvalue weighted by Gasteiger charge is -2.41. The first-order chi connectivity index (χ1) is 8.52. The van der Waals surface area contributed by atoms with Crippen LogP contribution in [0.25, 0.3) is 0 Å². The molecule has 0 amide bonds. The Hall–Kier alpha value is -0.930. The van der Waals surface area contributed by atoms with E-state index < -0.39 is 0 Å². The van der Waals surface area contributed by atoms with Crippen molar-refractivity contribution in [2.24, 2.45) is 0 Å². The molecule has 1 atom stereocenters. The Balaban J connectivity index is 2.05. The monoisotopic (exact) mass is 250 g/mol. The standard InChI is InChI=1S/C15H23FN2/c1-4-15(3)11-18(8-7-17-15)10-13-5-6-14(16)9-12(13)2/h5-6,9,17H,4,7-8,10-11H2,1-3H3. The summed E-state index contributed by atoms with van der Waals surface area (Å²) in [7, 11) is 0. The molecule has 18 heavy (non-hydrogen) atoms. The van der Waals surface area contributed by atoms with Crippen LogP contribution in [0.4, 0.5) is 4.39 Å². The second kappa shape index (κ2) is 5.37. The van der Waals surface area contributed by atoms with Crippen LogP contribution in [0.5, 0.6) is 0 Å². The number of aryl methyl sites for hydroxylation is 1. The fraction of sp³-hybridized carbons (Fsp3) is 0.600. The van der Waals surface area contributed by atoms with Gasteiger partial charge in [0.1, 0.15) is 5.82 Å². The van der Waals surface area contributed by atoms with Gasteiger partial charge in [0.2, 0.25) is 0 Å². The molecule has 1 aromatic rings. The summed E-state index contributed by atoms with van der Waals surface area (Å²) in [6, 6.07) is 5.09. The van der Waals surface area contributed by atoms with E-state index >= 15 is 0 Å². The number of hydrogen-bond acceptors (Lipinski definition) is 2. The van der Waals surface area contributed by atoms with Crippen LogP contribution in [0.15, 0.2) is 18.2 Å². The van der Waals surface area contributed by atoms with Gasteiger partial charge in [0.05, 0.1) is 0 Å². The second-order valence-corrected chi connectivity index (χ2v) is 5.62. The van der Waals surface area contributed by atoms with E-state index in [4.69, 9.17) is 0 Å². The number of rotatable bonds is 3. The van der Waals surface area contributed by atoms with Gasteiger partial charge in [-0.3, -0.25) is 4.90 Å². The minimum Gasteiger partial charge on any atom is -0.309 e. The SMILES string of the molecule is CCC1(C)CN(Cc2ccc(F)cc2C)CCN1. The minimum absolute atomic E-state index is 0.144. The van der Waals surface area contributed by atoms with Gasteiger partial charge in [0.25, 0.3) is 0 Å². The van der Waals surface area contributed by atoms with Crippen molar-refractivity contribution in [2.45, 2.75) is 39.3 Å². The van der Waals surface area contributed by atoms with E-state index in [1.54, 1.807) is 12.1 Å². The molecule has 0 bridgehead atoms. The van der Waals surface area contributed by atoms with Crippen molar-refractivity contribution in [3.05, 3.63) is 35.1 Å². The third-order valence-corrected chi connectivity index (χ3v) is 4.03. The summed E-state index contributed by atoms with van der Waals surface area (Å²) < 4.78 is 13.1. The number of benzene rings is 1. The summed E-state index contributed by atoms with van der Waals surface area (Å²) in [5, 5.41) is 3.58. The molecule has 0 aliphatic carbocycles. The van der Waals surface area contributed by atoms with Crippen LogP contribution >= 0.6 is 0 Å². The molecule has 2 rings (SSSR count). The number of halogens is 1. The zero-order valence-corrected chi connectivity index (χ0v) is 11.6. The van der Waals surface area contributed by atoms with E-state index in [0.717, 1.165) is 38.2 Å². The van der Waals surface area contributed by atoms with Crippen LogP contribution in [-0.2, 0) is 6.54 Å². The van der Waals surface area contributed by atoms with E-state index in [9.17, 15) is 4.39 Å². The molecule has 0 saturated carbocycles. The van der Waals surface area contributed by atoms with Crippen molar-refractivity contribution in [1.82, 2.24) is 10.2 Å². The van der Waals surface area contributed by atoms with Gasteiger partial charge in [-0.1, -0.05) is 13.0 Å². The molecule has 1 aromatic carbocycles. The largest absolute Gasteiger partial charge is 0.309 e. The zero-order chi connectivity index (χ0) is 13.2. The van der Waals surface area contributed by atoms with Crippen LogP contribution in [0.2, 0.25) is 0 Å². The molecule has 1 aliphatic rings. The summed E-state index contributed by atoms with van der Waals surface area (Å²) >= 11 is 0. The molecular formula is C15H23FN2. The average molecular weight is 250 g/mol. The molecule has 100 valence electrons. The highest BCUT2D eigenvalue weighted by Crippen LogP contribution is 2.19. The highest BCUT2D eigenvalue weighted by atomic mass is 19.1. The van der Waals surface area contributed by atoms with Crippen LogP contribution < -0.4 is 5.32 Å². The van der Waals surface area contributed by atoms with E-state index in [1.165, 1.54) is 5.56 Å². The van der Waals surface area contributed by atoms with Gasteiger partial charge in [-0.25, -0.2) is 4.39 Å². The highest BCUT2D eigenvalue weighted by molar-refractivity contribution is 5.26. The predicted octanol–water partition coefficient (Wildman–Crippen LogP) is 2.71. The van der Waals surface area contributed by atoms with Crippen LogP contribution in [0.3, 0.4) is 0 Å². The lowest BCUT2D eigenvalue weighted by atomic mass is 9.95. The lowest BCUT2D eigenvalue weighted by molar-refractivity contribution is 0.133. The molecule has 1 aliphatic heterocycles. The molecule has 1 heterocycles. The molecule has 0 radical (unpaired) electrons. The quantitative estimate of drug-likeness (QED) is 0.887. The molecular weight excluding hydrogens is 227 g/mol. The molecule has 1 fully saturated rings. The lowest BCUT2D eigenvalue weighted by Crippen LogP contribution is -2.58. The minimum atomic E-state index is -0.144. The van der Waals surface area contributed by atoms with E-state index in [2.05, 4.69) is 24.1 Å². The molecule has 0 aromatic heterocycles. The third kappa shape index (κ3) is 3.09. The summed E-state index contributed by atoms with van der Waals surface area (Å²) in [4.78, 5) is 2.46. The first kappa shape index (κ1) is 13.5. The Morgan fingerprint density at radius 3 is 2.89 bits per heavy atom. The predicted molar refractivity (Wildman–Crippen MR) is 73.1 cm³/mol. The van der Waals surface area contributed by atoms with Gasteiger partial charge in [-0.2, -0.15) is 0 Å². The third-order valence-electron chi connectivity index (χ3n) is 4.03. The van der Waals surface area contributed by atoms with Gasteiger partial charge in [0.15, 0.2) is 0 Å². The number of nitrogens with zero attached hydrogens (tertiary/aromatic N) is 1. The first-order valence-electron chi connectivity index (χ1n) is 6.75. The molecule has 1 unspecified atom stereocenters. The topological polar surface area (TPSA) is 15.3 Å². The molecule has 2 nitrogen and oxygen atoms in total. The fourth-order valence-electron chi connectivity index (χ4n) is 2.59. The Bertz CT molecular complexity index is 419. The van der Waals surface area contributed by atoms with Crippen LogP contribution in [0.1, 0.15) is 31.4 Å². The number of hydrogen-bond donors (Lipinski definition) is 1. The second-order valence-electron chi connectivity index (χ2n) is 5.62. The van der Waals surface area contributed by atoms with Crippen molar-refractivity contribution in [3.8, 4) is 0 Å². The molecule has 3 heteroatoms. The molecule has 1 saturated heterocycles. The normalized spacial score (nSPS) is 25.3. The first-order valence-corrected chi connectivity index (χ1v) is 6.75. The van der Waals surface area contributed by atoms with Crippen molar-refractivity contribution in [3.63, 3.8) is 0 Å². The van der Waals surface area contributed by atoms with Crippen molar-refractivity contribution >= 4 is 0 Å². The van der Waals surface area contributed by atoms with Gasteiger partial charge in [0, 0.05) is 31.7 Å². The van der Waals surface area contributed by atoms with Crippen molar-refractivity contribution in [1.29, 1.82) is 0 Å². The Morgan fingerprint density at radius 2 is 2.22 bits per heavy atom. The number of piperazine rings is 1. The summed E-state index contributed by atoms with van der Waals surface area (Å²) in [6.45, 7) is 10.6. The van der Waals surface area contributed by atoms with E-state index in [-0.39, 0.29) is 11.4 Å². The van der Waals surface area contributed by atoms with Gasteiger partial charge >= 0.3 is 0 Å². The molecule has 0 spiro atoms. The maximum atomic E-state index is 13.1. The highest BCUT2D eigenvalue weighted by Gasteiger charge is 2.28. The Kier molecular flexibility index (Phi) is 4.03.